The van der Waals surface area contributed by atoms with Gasteiger partial charge in [-0.05, 0) is 40.1 Å². The zero-order chi connectivity index (χ0) is 18.1. The molecule has 0 bridgehead atoms. The zero-order valence-corrected chi connectivity index (χ0v) is 14.6. The Morgan fingerprint density at radius 3 is 2.73 bits per heavy atom. The van der Waals surface area contributed by atoms with E-state index >= 15 is 0 Å². The largest absolute Gasteiger partial charge is 0.266 e. The number of benzene rings is 2. The van der Waals surface area contributed by atoms with Gasteiger partial charge in [0.05, 0.1) is 6.54 Å². The van der Waals surface area contributed by atoms with Crippen LogP contribution in [0.3, 0.4) is 0 Å². The number of aromatic nitrogens is 5. The number of nitrogens with one attached hydrogen (secondary N) is 1. The summed E-state index contributed by atoms with van der Waals surface area (Å²) in [7, 11) is -3.94. The first-order valence-corrected chi connectivity index (χ1v) is 9.25. The lowest BCUT2D eigenvalue weighted by molar-refractivity contribution is 0.315. The van der Waals surface area contributed by atoms with E-state index in [0.717, 1.165) is 5.56 Å². The van der Waals surface area contributed by atoms with Crippen LogP contribution in [-0.4, -0.2) is 33.5 Å². The molecule has 2 aromatic carbocycles. The molecule has 1 N–H and O–H groups in total. The standard InChI is InChI=1S/C15H11ClN6O3S/c16-11-6-4-10(5-7-11)8-22-9-17-15(18-22)21-26(23,24)13-3-1-2-12-14(13)20-25-19-12/h1-7,9H,8H2,(H,18,21). The summed E-state index contributed by atoms with van der Waals surface area (Å²) in [5.74, 6) is -0.0487. The molecule has 2 heterocycles. The van der Waals surface area contributed by atoms with Crippen LogP contribution in [0.5, 0.6) is 0 Å². The van der Waals surface area contributed by atoms with Crippen molar-refractivity contribution in [3.63, 3.8) is 0 Å². The molecule has 4 rings (SSSR count). The van der Waals surface area contributed by atoms with E-state index in [1.54, 1.807) is 24.3 Å². The van der Waals surface area contributed by atoms with E-state index < -0.39 is 10.0 Å². The second-order valence-corrected chi connectivity index (χ2v) is 7.47. The summed E-state index contributed by atoms with van der Waals surface area (Å²) in [6, 6.07) is 11.8. The average molecular weight is 391 g/mol. The summed E-state index contributed by atoms with van der Waals surface area (Å²) in [6.07, 6.45) is 1.44. The van der Waals surface area contributed by atoms with Crippen LogP contribution in [0.25, 0.3) is 11.0 Å². The third-order valence-electron chi connectivity index (χ3n) is 3.56. The number of rotatable bonds is 5. The summed E-state index contributed by atoms with van der Waals surface area (Å²) in [6.45, 7) is 0.425. The number of anilines is 1. The molecule has 0 saturated carbocycles. The van der Waals surface area contributed by atoms with Crippen molar-refractivity contribution in [3.8, 4) is 0 Å². The maximum Gasteiger partial charge on any atom is 0.266 e. The fraction of sp³-hybridized carbons (Fsp3) is 0.0667. The van der Waals surface area contributed by atoms with Crippen LogP contribution in [0.15, 0.2) is 58.3 Å². The molecule has 0 aliphatic heterocycles. The molecule has 4 aromatic rings. The molecule has 0 aliphatic carbocycles. The van der Waals surface area contributed by atoms with E-state index in [0.29, 0.717) is 17.1 Å². The molecular formula is C15H11ClN6O3S. The minimum absolute atomic E-state index is 0.0487. The minimum atomic E-state index is -3.94. The normalized spacial score (nSPS) is 11.7. The molecule has 2 aromatic heterocycles. The highest BCUT2D eigenvalue weighted by Gasteiger charge is 2.22. The lowest BCUT2D eigenvalue weighted by atomic mass is 10.2. The average Bonchev–Trinajstić information content (AvgIpc) is 3.25. The van der Waals surface area contributed by atoms with Crippen LogP contribution in [0, 0.1) is 0 Å². The van der Waals surface area contributed by atoms with E-state index in [1.165, 1.54) is 17.1 Å². The fourth-order valence-corrected chi connectivity index (χ4v) is 3.59. The number of hydrogen-bond acceptors (Lipinski definition) is 7. The number of sulfonamides is 1. The van der Waals surface area contributed by atoms with E-state index in [2.05, 4.69) is 29.7 Å². The van der Waals surface area contributed by atoms with Gasteiger partial charge in [-0.25, -0.2) is 22.5 Å². The van der Waals surface area contributed by atoms with E-state index in [4.69, 9.17) is 11.6 Å². The van der Waals surface area contributed by atoms with Gasteiger partial charge in [0.15, 0.2) is 5.52 Å². The van der Waals surface area contributed by atoms with Gasteiger partial charge in [0.1, 0.15) is 16.7 Å². The van der Waals surface area contributed by atoms with Crippen molar-refractivity contribution < 1.29 is 13.0 Å². The summed E-state index contributed by atoms with van der Waals surface area (Å²) < 4.78 is 33.6. The minimum Gasteiger partial charge on any atom is -0.246 e. The van der Waals surface area contributed by atoms with Gasteiger partial charge >= 0.3 is 0 Å². The number of fused-ring (bicyclic) bond motifs is 1. The molecule has 0 unspecified atom stereocenters. The van der Waals surface area contributed by atoms with Crippen LogP contribution in [0.1, 0.15) is 5.56 Å². The van der Waals surface area contributed by atoms with E-state index in [9.17, 15) is 8.42 Å². The third kappa shape index (κ3) is 3.24. The Morgan fingerprint density at radius 2 is 1.92 bits per heavy atom. The van der Waals surface area contributed by atoms with Crippen molar-refractivity contribution >= 4 is 38.6 Å². The lowest BCUT2D eigenvalue weighted by Gasteiger charge is -2.04. The fourth-order valence-electron chi connectivity index (χ4n) is 2.37. The number of hydrogen-bond donors (Lipinski definition) is 1. The molecule has 132 valence electrons. The predicted octanol–water partition coefficient (Wildman–Crippen LogP) is 2.32. The molecule has 0 aliphatic rings. The second kappa shape index (κ2) is 6.39. The van der Waals surface area contributed by atoms with Crippen molar-refractivity contribution in [1.82, 2.24) is 25.1 Å². The molecule has 0 amide bonds. The first kappa shape index (κ1) is 16.5. The molecule has 0 spiro atoms. The van der Waals surface area contributed by atoms with Crippen molar-refractivity contribution in [1.29, 1.82) is 0 Å². The first-order valence-electron chi connectivity index (χ1n) is 7.39. The van der Waals surface area contributed by atoms with Gasteiger partial charge < -0.3 is 0 Å². The Hall–Kier alpha value is -2.98. The molecular weight excluding hydrogens is 380 g/mol. The Morgan fingerprint density at radius 1 is 1.12 bits per heavy atom. The van der Waals surface area contributed by atoms with Gasteiger partial charge in [-0.3, -0.25) is 0 Å². The Bertz CT molecular complexity index is 1170. The van der Waals surface area contributed by atoms with Crippen molar-refractivity contribution in [2.24, 2.45) is 0 Å². The molecule has 11 heteroatoms. The summed E-state index contributed by atoms with van der Waals surface area (Å²) in [5, 5.41) is 12.0. The van der Waals surface area contributed by atoms with Crippen molar-refractivity contribution in [3.05, 3.63) is 59.4 Å². The highest BCUT2D eigenvalue weighted by Crippen LogP contribution is 2.21. The topological polar surface area (TPSA) is 116 Å². The Balaban J connectivity index is 1.56. The predicted molar refractivity (Wildman–Crippen MR) is 93.2 cm³/mol. The molecule has 0 saturated heterocycles. The van der Waals surface area contributed by atoms with Gasteiger partial charge in [-0.2, -0.15) is 4.98 Å². The number of halogens is 1. The quantitative estimate of drug-likeness (QED) is 0.555. The molecule has 9 nitrogen and oxygen atoms in total. The van der Waals surface area contributed by atoms with Gasteiger partial charge in [0.25, 0.3) is 16.0 Å². The monoisotopic (exact) mass is 390 g/mol. The van der Waals surface area contributed by atoms with Gasteiger partial charge in [-0.1, -0.05) is 29.8 Å². The van der Waals surface area contributed by atoms with Crippen LogP contribution in [0.2, 0.25) is 5.02 Å². The van der Waals surface area contributed by atoms with Crippen molar-refractivity contribution in [2.45, 2.75) is 11.4 Å². The maximum absolute atomic E-state index is 12.6. The van der Waals surface area contributed by atoms with E-state index in [1.807, 2.05) is 12.1 Å². The van der Waals surface area contributed by atoms with Crippen LogP contribution >= 0.6 is 11.6 Å². The van der Waals surface area contributed by atoms with Crippen LogP contribution < -0.4 is 4.72 Å². The lowest BCUT2D eigenvalue weighted by Crippen LogP contribution is -2.15. The summed E-state index contributed by atoms with van der Waals surface area (Å²) in [4.78, 5) is 3.92. The summed E-state index contributed by atoms with van der Waals surface area (Å²) in [5.41, 5.74) is 1.43. The highest BCUT2D eigenvalue weighted by molar-refractivity contribution is 7.93. The molecule has 26 heavy (non-hydrogen) atoms. The molecule has 0 radical (unpaired) electrons. The van der Waals surface area contributed by atoms with Crippen LogP contribution in [-0.2, 0) is 16.6 Å². The van der Waals surface area contributed by atoms with Gasteiger partial charge in [0, 0.05) is 5.02 Å². The smallest absolute Gasteiger partial charge is 0.246 e. The highest BCUT2D eigenvalue weighted by atomic mass is 35.5. The van der Waals surface area contributed by atoms with Crippen LogP contribution in [0.4, 0.5) is 5.95 Å². The van der Waals surface area contributed by atoms with Gasteiger partial charge in [-0.15, -0.1) is 5.10 Å². The first-order chi connectivity index (χ1) is 12.5. The Kier molecular flexibility index (Phi) is 4.05. The zero-order valence-electron chi connectivity index (χ0n) is 13.1. The van der Waals surface area contributed by atoms with Gasteiger partial charge in [0.2, 0.25) is 0 Å². The third-order valence-corrected chi connectivity index (χ3v) is 5.17. The maximum atomic E-state index is 12.6. The molecule has 0 fully saturated rings. The number of nitrogens with zero attached hydrogens (tertiary/aromatic N) is 5. The molecule has 0 atom stereocenters. The van der Waals surface area contributed by atoms with E-state index in [-0.39, 0.29) is 16.4 Å². The Labute approximate surface area is 152 Å². The SMILES string of the molecule is O=S(=O)(Nc1ncn(Cc2ccc(Cl)cc2)n1)c1cccc2nonc12. The van der Waals surface area contributed by atoms with Crippen molar-refractivity contribution in [2.75, 3.05) is 4.72 Å². The summed E-state index contributed by atoms with van der Waals surface area (Å²) >= 11 is 5.86. The second-order valence-electron chi connectivity index (χ2n) is 5.39.